The van der Waals surface area contributed by atoms with Crippen LogP contribution in [0.2, 0.25) is 5.02 Å². The lowest BCUT2D eigenvalue weighted by molar-refractivity contribution is 0.102. The van der Waals surface area contributed by atoms with Gasteiger partial charge in [-0.15, -0.1) is 0 Å². The fraction of sp³-hybridized carbons (Fsp3) is 0.0476. The number of halogens is 2. The van der Waals surface area contributed by atoms with E-state index >= 15 is 0 Å². The van der Waals surface area contributed by atoms with Crippen molar-refractivity contribution >= 4 is 34.3 Å². The lowest BCUT2D eigenvalue weighted by Gasteiger charge is -2.07. The van der Waals surface area contributed by atoms with Crippen LogP contribution in [0.3, 0.4) is 0 Å². The molecule has 3 aromatic carbocycles. The van der Waals surface area contributed by atoms with E-state index in [1.165, 1.54) is 6.07 Å². The van der Waals surface area contributed by atoms with E-state index in [0.29, 0.717) is 27.4 Å². The summed E-state index contributed by atoms with van der Waals surface area (Å²) in [5.74, 6) is -0.545. The highest BCUT2D eigenvalue weighted by Crippen LogP contribution is 2.28. The molecule has 0 spiro atoms. The van der Waals surface area contributed by atoms with Crippen molar-refractivity contribution in [2.45, 2.75) is 6.92 Å². The van der Waals surface area contributed by atoms with E-state index in [-0.39, 0.29) is 17.4 Å². The van der Waals surface area contributed by atoms with Crippen LogP contribution in [-0.4, -0.2) is 10.9 Å². The van der Waals surface area contributed by atoms with Crippen LogP contribution in [0.1, 0.15) is 15.9 Å². The van der Waals surface area contributed by atoms with Crippen LogP contribution in [0, 0.1) is 12.7 Å². The molecule has 0 aliphatic rings. The number of nitrogens with zero attached hydrogens (tertiary/aromatic N) is 1. The van der Waals surface area contributed by atoms with Gasteiger partial charge in [0.05, 0.1) is 16.1 Å². The number of rotatable bonds is 3. The van der Waals surface area contributed by atoms with Crippen molar-refractivity contribution in [1.82, 2.24) is 4.98 Å². The molecule has 134 valence electrons. The summed E-state index contributed by atoms with van der Waals surface area (Å²) in [6.45, 7) is 1.90. The van der Waals surface area contributed by atoms with Gasteiger partial charge < -0.3 is 9.73 Å². The second kappa shape index (κ2) is 6.85. The van der Waals surface area contributed by atoms with Crippen LogP contribution >= 0.6 is 11.6 Å². The molecule has 0 atom stereocenters. The Labute approximate surface area is 159 Å². The number of carbonyl (C=O) groups is 1. The van der Waals surface area contributed by atoms with Crippen molar-refractivity contribution in [3.8, 4) is 11.5 Å². The van der Waals surface area contributed by atoms with Gasteiger partial charge in [-0.05, 0) is 55.0 Å². The number of aryl methyl sites for hydroxylation is 1. The highest BCUT2D eigenvalue weighted by molar-refractivity contribution is 6.34. The van der Waals surface area contributed by atoms with Gasteiger partial charge in [-0.1, -0.05) is 29.8 Å². The molecule has 0 bridgehead atoms. The molecule has 0 unspecified atom stereocenters. The number of aromatic nitrogens is 1. The van der Waals surface area contributed by atoms with Crippen LogP contribution < -0.4 is 5.32 Å². The topological polar surface area (TPSA) is 55.1 Å². The normalized spacial score (nSPS) is 10.9. The van der Waals surface area contributed by atoms with Gasteiger partial charge in [-0.25, -0.2) is 9.37 Å². The van der Waals surface area contributed by atoms with Gasteiger partial charge in [-0.2, -0.15) is 0 Å². The standard InChI is InChI=1S/C21H14ClFN2O2/c1-12-6-8-14(16(22)10-12)20(26)24-13-7-9-19-18(11-13)25-21(27-19)15-4-2-3-5-17(15)23/h2-11H,1H3,(H,24,26). The van der Waals surface area contributed by atoms with Crippen molar-refractivity contribution < 1.29 is 13.6 Å². The Bertz CT molecular complexity index is 1170. The minimum atomic E-state index is -0.411. The molecule has 1 N–H and O–H groups in total. The molecule has 4 rings (SSSR count). The third kappa shape index (κ3) is 3.41. The Balaban J connectivity index is 1.64. The quantitative estimate of drug-likeness (QED) is 0.485. The molecule has 0 saturated heterocycles. The first kappa shape index (κ1) is 17.2. The molecular weight excluding hydrogens is 367 g/mol. The summed E-state index contributed by atoms with van der Waals surface area (Å²) in [5, 5.41) is 3.18. The molecule has 4 aromatic rings. The third-order valence-electron chi connectivity index (χ3n) is 4.12. The lowest BCUT2D eigenvalue weighted by atomic mass is 10.1. The Morgan fingerprint density at radius 1 is 1.11 bits per heavy atom. The van der Waals surface area contributed by atoms with E-state index in [4.69, 9.17) is 16.0 Å². The molecule has 0 saturated carbocycles. The summed E-state index contributed by atoms with van der Waals surface area (Å²) >= 11 is 6.15. The average molecular weight is 381 g/mol. The Morgan fingerprint density at radius 2 is 1.93 bits per heavy atom. The number of amides is 1. The van der Waals surface area contributed by atoms with Crippen molar-refractivity contribution in [1.29, 1.82) is 0 Å². The predicted molar refractivity (Wildman–Crippen MR) is 104 cm³/mol. The van der Waals surface area contributed by atoms with Gasteiger partial charge in [0.25, 0.3) is 5.91 Å². The second-order valence-corrected chi connectivity index (χ2v) is 6.53. The van der Waals surface area contributed by atoms with Crippen LogP contribution in [0.25, 0.3) is 22.6 Å². The molecule has 1 heterocycles. The van der Waals surface area contributed by atoms with Gasteiger partial charge in [0.1, 0.15) is 11.3 Å². The molecule has 4 nitrogen and oxygen atoms in total. The van der Waals surface area contributed by atoms with Gasteiger partial charge in [0.2, 0.25) is 5.89 Å². The highest BCUT2D eigenvalue weighted by atomic mass is 35.5. The molecule has 6 heteroatoms. The smallest absolute Gasteiger partial charge is 0.257 e. The van der Waals surface area contributed by atoms with Crippen LogP contribution in [0.15, 0.2) is 65.1 Å². The minimum Gasteiger partial charge on any atom is -0.436 e. The summed E-state index contributed by atoms with van der Waals surface area (Å²) in [7, 11) is 0. The van der Waals surface area contributed by atoms with Crippen LogP contribution in [0.4, 0.5) is 10.1 Å². The lowest BCUT2D eigenvalue weighted by Crippen LogP contribution is -2.12. The Kier molecular flexibility index (Phi) is 4.38. The molecule has 0 radical (unpaired) electrons. The zero-order valence-corrected chi connectivity index (χ0v) is 15.0. The predicted octanol–water partition coefficient (Wildman–Crippen LogP) is 5.85. The number of oxazole rings is 1. The highest BCUT2D eigenvalue weighted by Gasteiger charge is 2.14. The van der Waals surface area contributed by atoms with Crippen molar-refractivity contribution in [2.24, 2.45) is 0 Å². The first-order valence-electron chi connectivity index (χ1n) is 8.24. The van der Waals surface area contributed by atoms with E-state index in [1.54, 1.807) is 48.5 Å². The molecule has 27 heavy (non-hydrogen) atoms. The van der Waals surface area contributed by atoms with E-state index < -0.39 is 5.82 Å². The summed E-state index contributed by atoms with van der Waals surface area (Å²) in [4.78, 5) is 16.8. The molecule has 1 aromatic heterocycles. The summed E-state index contributed by atoms with van der Waals surface area (Å²) in [6.07, 6.45) is 0. The number of benzene rings is 3. The number of fused-ring (bicyclic) bond motifs is 1. The monoisotopic (exact) mass is 380 g/mol. The van der Waals surface area contributed by atoms with Crippen LogP contribution in [-0.2, 0) is 0 Å². The molecule has 1 amide bonds. The Morgan fingerprint density at radius 3 is 2.70 bits per heavy atom. The Hall–Kier alpha value is -3.18. The first-order valence-corrected chi connectivity index (χ1v) is 8.62. The van der Waals surface area contributed by atoms with E-state index in [0.717, 1.165) is 5.56 Å². The third-order valence-corrected chi connectivity index (χ3v) is 4.43. The van der Waals surface area contributed by atoms with E-state index in [9.17, 15) is 9.18 Å². The first-order chi connectivity index (χ1) is 13.0. The maximum absolute atomic E-state index is 13.9. The number of anilines is 1. The fourth-order valence-electron chi connectivity index (χ4n) is 2.76. The molecule has 0 aliphatic carbocycles. The largest absolute Gasteiger partial charge is 0.436 e. The second-order valence-electron chi connectivity index (χ2n) is 6.12. The summed E-state index contributed by atoms with van der Waals surface area (Å²) in [5.41, 5.74) is 3.19. The molecule has 0 fully saturated rings. The number of hydrogen-bond donors (Lipinski definition) is 1. The van der Waals surface area contributed by atoms with Crippen molar-refractivity contribution in [3.05, 3.63) is 82.6 Å². The van der Waals surface area contributed by atoms with Gasteiger partial charge in [0, 0.05) is 5.69 Å². The molecule has 0 aliphatic heterocycles. The maximum atomic E-state index is 13.9. The summed E-state index contributed by atoms with van der Waals surface area (Å²) in [6, 6.07) is 16.5. The number of hydrogen-bond acceptors (Lipinski definition) is 3. The SMILES string of the molecule is Cc1ccc(C(=O)Nc2ccc3oc(-c4ccccc4F)nc3c2)c(Cl)c1. The maximum Gasteiger partial charge on any atom is 0.257 e. The van der Waals surface area contributed by atoms with E-state index in [2.05, 4.69) is 10.3 Å². The van der Waals surface area contributed by atoms with Crippen LogP contribution in [0.5, 0.6) is 0 Å². The van der Waals surface area contributed by atoms with Crippen molar-refractivity contribution in [3.63, 3.8) is 0 Å². The van der Waals surface area contributed by atoms with Gasteiger partial charge in [-0.3, -0.25) is 4.79 Å². The average Bonchev–Trinajstić information content (AvgIpc) is 3.05. The number of nitrogens with one attached hydrogen (secondary N) is 1. The minimum absolute atomic E-state index is 0.188. The van der Waals surface area contributed by atoms with Crippen molar-refractivity contribution in [2.75, 3.05) is 5.32 Å². The number of carbonyl (C=O) groups excluding carboxylic acids is 1. The zero-order chi connectivity index (χ0) is 19.0. The van der Waals surface area contributed by atoms with Gasteiger partial charge >= 0.3 is 0 Å². The van der Waals surface area contributed by atoms with E-state index in [1.807, 2.05) is 13.0 Å². The zero-order valence-electron chi connectivity index (χ0n) is 14.3. The van der Waals surface area contributed by atoms with Gasteiger partial charge in [0.15, 0.2) is 5.58 Å². The summed E-state index contributed by atoms with van der Waals surface area (Å²) < 4.78 is 19.6. The fourth-order valence-corrected chi connectivity index (χ4v) is 3.08. The molecular formula is C21H14ClFN2O2.